The van der Waals surface area contributed by atoms with Crippen molar-refractivity contribution in [1.29, 1.82) is 0 Å². The third kappa shape index (κ3) is 4.02. The van der Waals surface area contributed by atoms with E-state index in [1.54, 1.807) is 0 Å². The van der Waals surface area contributed by atoms with Crippen LogP contribution >= 0.6 is 11.8 Å². The fourth-order valence-electron chi connectivity index (χ4n) is 2.45. The predicted octanol–water partition coefficient (Wildman–Crippen LogP) is 1.10. The van der Waals surface area contributed by atoms with E-state index in [1.807, 2.05) is 15.0 Å². The van der Waals surface area contributed by atoms with Gasteiger partial charge >= 0.3 is 0 Å². The molecule has 0 bridgehead atoms. The van der Waals surface area contributed by atoms with Gasteiger partial charge in [-0.15, -0.1) is 0 Å². The Labute approximate surface area is 149 Å². The molecule has 8 nitrogen and oxygen atoms in total. The highest BCUT2D eigenvalue weighted by molar-refractivity contribution is 8.16. The minimum Gasteiger partial charge on any atom is -0.326 e. The quantitative estimate of drug-likeness (QED) is 0.792. The molecule has 0 spiro atoms. The second-order valence-corrected chi connectivity index (χ2v) is 7.97. The Kier molecular flexibility index (Phi) is 4.82. The highest BCUT2D eigenvalue weighted by atomic mass is 32.2. The maximum atomic E-state index is 12.2. The van der Waals surface area contributed by atoms with Gasteiger partial charge in [-0.05, 0) is 29.7 Å². The summed E-state index contributed by atoms with van der Waals surface area (Å²) in [6.45, 7) is 2.65. The lowest BCUT2D eigenvalue weighted by molar-refractivity contribution is -0.117. The Morgan fingerprint density at radius 3 is 2.68 bits per heavy atom. The van der Waals surface area contributed by atoms with Crippen molar-refractivity contribution in [2.24, 2.45) is 4.99 Å². The first-order valence-corrected chi connectivity index (χ1v) is 9.82. The number of carbonyl (C=O) groups is 2. The fraction of sp³-hybridized carbons (Fsp3) is 0.267. The summed E-state index contributed by atoms with van der Waals surface area (Å²) in [5, 5.41) is 5.57. The van der Waals surface area contributed by atoms with Crippen molar-refractivity contribution in [2.75, 3.05) is 18.4 Å². The van der Waals surface area contributed by atoms with E-state index in [2.05, 4.69) is 10.3 Å². The van der Waals surface area contributed by atoms with E-state index in [0.717, 1.165) is 30.9 Å². The Morgan fingerprint density at radius 1 is 1.28 bits per heavy atom. The van der Waals surface area contributed by atoms with E-state index < -0.39 is 15.9 Å². The largest absolute Gasteiger partial charge is 0.326 e. The zero-order valence-corrected chi connectivity index (χ0v) is 15.0. The Balaban J connectivity index is 1.61. The van der Waals surface area contributed by atoms with Crippen LogP contribution in [0.2, 0.25) is 0 Å². The van der Waals surface area contributed by atoms with Crippen LogP contribution in [0.15, 0.2) is 45.3 Å². The lowest BCUT2D eigenvalue weighted by Gasteiger charge is -2.16. The number of rotatable bonds is 5. The van der Waals surface area contributed by atoms with Gasteiger partial charge in [-0.2, -0.15) is 0 Å². The van der Waals surface area contributed by atoms with Gasteiger partial charge in [-0.1, -0.05) is 11.8 Å². The number of benzene rings is 1. The molecule has 2 aliphatic rings. The zero-order valence-electron chi connectivity index (χ0n) is 13.4. The highest BCUT2D eigenvalue weighted by Crippen LogP contribution is 2.31. The molecule has 1 aromatic carbocycles. The lowest BCUT2D eigenvalue weighted by Crippen LogP contribution is -2.28. The van der Waals surface area contributed by atoms with E-state index >= 15 is 0 Å². The number of hydrogen-bond donors (Lipinski definition) is 2. The molecule has 2 aliphatic heterocycles. The van der Waals surface area contributed by atoms with Crippen LogP contribution < -0.4 is 10.0 Å². The molecular weight excluding hydrogens is 364 g/mol. The van der Waals surface area contributed by atoms with Crippen molar-refractivity contribution in [3.63, 3.8) is 0 Å². The smallest absolute Gasteiger partial charge is 0.264 e. The molecule has 0 saturated heterocycles. The second-order valence-electron chi connectivity index (χ2n) is 5.45. The number of nitrogens with zero attached hydrogens (tertiary/aromatic N) is 2. The van der Waals surface area contributed by atoms with E-state index in [1.165, 1.54) is 36.0 Å². The standard InChI is InChI=1S/C15H16N4O4S2/c1-10(20)18-25(22,23)13-4-2-11(3-5-13)17-14(21)8-12-9-24-15-16-6-7-19(12)15/h2-5,9H,6-8H2,1H3,(H,17,21)(H,18,20). The van der Waals surface area contributed by atoms with Crippen molar-refractivity contribution in [2.45, 2.75) is 18.2 Å². The van der Waals surface area contributed by atoms with Crippen LogP contribution in [0.5, 0.6) is 0 Å². The molecule has 0 fully saturated rings. The SMILES string of the molecule is CC(=O)NS(=O)(=O)c1ccc(NC(=O)CC2=CSC3=NCCN23)cc1. The molecular formula is C15H16N4O4S2. The van der Waals surface area contributed by atoms with Crippen LogP contribution in [-0.4, -0.2) is 43.4 Å². The van der Waals surface area contributed by atoms with Gasteiger partial charge in [0.2, 0.25) is 11.8 Å². The molecule has 3 rings (SSSR count). The number of nitrogens with one attached hydrogen (secondary N) is 2. The number of hydrogen-bond acceptors (Lipinski definition) is 7. The summed E-state index contributed by atoms with van der Waals surface area (Å²) >= 11 is 1.51. The number of sulfonamides is 1. The molecule has 1 aromatic rings. The topological polar surface area (TPSA) is 108 Å². The Morgan fingerprint density at radius 2 is 2.00 bits per heavy atom. The van der Waals surface area contributed by atoms with Crippen molar-refractivity contribution in [3.05, 3.63) is 35.4 Å². The average molecular weight is 380 g/mol. The summed E-state index contributed by atoms with van der Waals surface area (Å²) < 4.78 is 25.6. The molecule has 25 heavy (non-hydrogen) atoms. The second kappa shape index (κ2) is 6.89. The lowest BCUT2D eigenvalue weighted by atomic mass is 10.2. The molecule has 0 radical (unpaired) electrons. The van der Waals surface area contributed by atoms with Gasteiger partial charge in [0.15, 0.2) is 5.17 Å². The maximum absolute atomic E-state index is 12.2. The molecule has 2 N–H and O–H groups in total. The first-order valence-electron chi connectivity index (χ1n) is 7.46. The number of thioether (sulfide) groups is 1. The molecule has 0 unspecified atom stereocenters. The van der Waals surface area contributed by atoms with Gasteiger partial charge in [-0.3, -0.25) is 14.6 Å². The minimum atomic E-state index is -3.88. The van der Waals surface area contributed by atoms with Gasteiger partial charge in [-0.25, -0.2) is 13.1 Å². The monoisotopic (exact) mass is 380 g/mol. The first-order chi connectivity index (χ1) is 11.8. The molecule has 132 valence electrons. The van der Waals surface area contributed by atoms with Gasteiger partial charge in [0.05, 0.1) is 17.9 Å². The molecule has 10 heteroatoms. The van der Waals surface area contributed by atoms with Crippen LogP contribution in [0.25, 0.3) is 0 Å². The Hall–Kier alpha value is -2.33. The van der Waals surface area contributed by atoms with Crippen LogP contribution in [0.1, 0.15) is 13.3 Å². The van der Waals surface area contributed by atoms with Gasteiger partial charge < -0.3 is 10.2 Å². The Bertz CT molecular complexity index is 875. The van der Waals surface area contributed by atoms with Crippen molar-refractivity contribution >= 4 is 44.5 Å². The van der Waals surface area contributed by atoms with Crippen LogP contribution in [0.4, 0.5) is 5.69 Å². The third-order valence-corrected chi connectivity index (χ3v) is 5.92. The fourth-order valence-corrected chi connectivity index (χ4v) is 4.39. The van der Waals surface area contributed by atoms with Gasteiger partial charge in [0.25, 0.3) is 10.0 Å². The molecule has 0 saturated carbocycles. The van der Waals surface area contributed by atoms with Crippen LogP contribution in [-0.2, 0) is 19.6 Å². The number of aliphatic imine (C=N–C) groups is 1. The predicted molar refractivity (Wildman–Crippen MR) is 95.4 cm³/mol. The van der Waals surface area contributed by atoms with Crippen LogP contribution in [0, 0.1) is 0 Å². The number of anilines is 1. The van der Waals surface area contributed by atoms with E-state index in [9.17, 15) is 18.0 Å². The van der Waals surface area contributed by atoms with Crippen molar-refractivity contribution < 1.29 is 18.0 Å². The summed E-state index contributed by atoms with van der Waals surface area (Å²) in [6, 6.07) is 5.62. The van der Waals surface area contributed by atoms with E-state index in [4.69, 9.17) is 0 Å². The average Bonchev–Trinajstić information content (AvgIpc) is 3.11. The highest BCUT2D eigenvalue weighted by Gasteiger charge is 2.27. The summed E-state index contributed by atoms with van der Waals surface area (Å²) in [5.41, 5.74) is 1.39. The molecule has 2 amide bonds. The van der Waals surface area contributed by atoms with Crippen molar-refractivity contribution in [1.82, 2.24) is 9.62 Å². The summed E-state index contributed by atoms with van der Waals surface area (Å²) in [7, 11) is -3.88. The summed E-state index contributed by atoms with van der Waals surface area (Å²) in [5.74, 6) is -0.859. The number of amides is 2. The molecule has 2 heterocycles. The minimum absolute atomic E-state index is 0.0477. The molecule has 0 aliphatic carbocycles. The normalized spacial score (nSPS) is 16.1. The number of amidine groups is 1. The zero-order chi connectivity index (χ0) is 18.0. The van der Waals surface area contributed by atoms with E-state index in [0.29, 0.717) is 5.69 Å². The van der Waals surface area contributed by atoms with E-state index in [-0.39, 0.29) is 17.2 Å². The van der Waals surface area contributed by atoms with Gasteiger partial charge in [0.1, 0.15) is 0 Å². The first kappa shape index (κ1) is 17.5. The number of carbonyl (C=O) groups excluding carboxylic acids is 2. The maximum Gasteiger partial charge on any atom is 0.264 e. The summed E-state index contributed by atoms with van der Waals surface area (Å²) in [6.07, 6.45) is 0.220. The number of fused-ring (bicyclic) bond motifs is 1. The van der Waals surface area contributed by atoms with Gasteiger partial charge in [0, 0.05) is 24.9 Å². The third-order valence-electron chi connectivity index (χ3n) is 3.52. The molecule has 0 aromatic heterocycles. The summed E-state index contributed by atoms with van der Waals surface area (Å²) in [4.78, 5) is 29.4. The van der Waals surface area contributed by atoms with Crippen LogP contribution in [0.3, 0.4) is 0 Å². The van der Waals surface area contributed by atoms with Crippen molar-refractivity contribution in [3.8, 4) is 0 Å². The molecule has 0 atom stereocenters.